The van der Waals surface area contributed by atoms with E-state index in [4.69, 9.17) is 9.68 Å². The molecule has 2 aromatic rings. The fourth-order valence-corrected chi connectivity index (χ4v) is 2.16. The van der Waals surface area contributed by atoms with Crippen LogP contribution >= 0.6 is 0 Å². The third-order valence-electron chi connectivity index (χ3n) is 3.44. The molecule has 4 heteroatoms. The molecule has 0 unspecified atom stereocenters. The topological polar surface area (TPSA) is 66.0 Å². The van der Waals surface area contributed by atoms with Crippen molar-refractivity contribution in [3.63, 3.8) is 0 Å². The Morgan fingerprint density at radius 3 is 2.57 bits per heavy atom. The number of nitrogens with zero attached hydrogens (tertiary/aromatic N) is 1. The van der Waals surface area contributed by atoms with Gasteiger partial charge in [-0.2, -0.15) is 5.26 Å². The third-order valence-corrected chi connectivity index (χ3v) is 3.44. The van der Waals surface area contributed by atoms with Gasteiger partial charge in [-0.1, -0.05) is 25.5 Å². The van der Waals surface area contributed by atoms with Gasteiger partial charge in [-0.3, -0.25) is 4.79 Å². The molecule has 0 aliphatic heterocycles. The van der Waals surface area contributed by atoms with Crippen molar-refractivity contribution in [1.82, 2.24) is 0 Å². The van der Waals surface area contributed by atoms with E-state index in [1.165, 1.54) is 11.6 Å². The van der Waals surface area contributed by atoms with Crippen LogP contribution < -0.4 is 5.32 Å². The van der Waals surface area contributed by atoms with Gasteiger partial charge in [0.1, 0.15) is 23.2 Å². The molecule has 0 radical (unpaired) electrons. The summed E-state index contributed by atoms with van der Waals surface area (Å²) in [7, 11) is 0. The number of amides is 1. The molecular formula is C19H20N2O2. The lowest BCUT2D eigenvalue weighted by atomic mass is 10.1. The van der Waals surface area contributed by atoms with Crippen molar-refractivity contribution < 1.29 is 9.21 Å². The van der Waals surface area contributed by atoms with E-state index in [0.29, 0.717) is 11.4 Å². The van der Waals surface area contributed by atoms with Crippen LogP contribution in [-0.2, 0) is 11.2 Å². The molecule has 0 aliphatic carbocycles. The highest BCUT2D eigenvalue weighted by Gasteiger charge is 2.10. The molecule has 0 spiro atoms. The second-order valence-electron chi connectivity index (χ2n) is 5.37. The van der Waals surface area contributed by atoms with E-state index in [0.717, 1.165) is 25.0 Å². The Morgan fingerprint density at radius 1 is 1.26 bits per heavy atom. The zero-order valence-electron chi connectivity index (χ0n) is 13.4. The molecule has 0 bridgehead atoms. The molecule has 1 aromatic heterocycles. The quantitative estimate of drug-likeness (QED) is 0.632. The number of nitriles is 1. The van der Waals surface area contributed by atoms with Crippen molar-refractivity contribution in [1.29, 1.82) is 5.26 Å². The highest BCUT2D eigenvalue weighted by atomic mass is 16.3. The highest BCUT2D eigenvalue weighted by molar-refractivity contribution is 6.09. The van der Waals surface area contributed by atoms with Crippen molar-refractivity contribution in [2.45, 2.75) is 33.1 Å². The average Bonchev–Trinajstić information content (AvgIpc) is 2.97. The number of hydrogen-bond acceptors (Lipinski definition) is 3. The number of furan rings is 1. The fourth-order valence-electron chi connectivity index (χ4n) is 2.16. The minimum atomic E-state index is -0.442. The van der Waals surface area contributed by atoms with Crippen molar-refractivity contribution in [2.75, 3.05) is 5.32 Å². The largest absolute Gasteiger partial charge is 0.462 e. The number of rotatable bonds is 6. The lowest BCUT2D eigenvalue weighted by Crippen LogP contribution is -2.13. The maximum absolute atomic E-state index is 12.2. The summed E-state index contributed by atoms with van der Waals surface area (Å²) in [5, 5.41) is 11.9. The van der Waals surface area contributed by atoms with Crippen molar-refractivity contribution >= 4 is 17.7 Å². The molecule has 1 N–H and O–H groups in total. The number of benzene rings is 1. The molecule has 1 heterocycles. The standard InChI is InChI=1S/C19H20N2O2/c1-3-4-5-15-7-9-17(10-8-15)21-19(22)16(13-20)12-18-11-6-14(2)23-18/h6-12H,3-5H2,1-2H3,(H,21,22)/b16-12+. The summed E-state index contributed by atoms with van der Waals surface area (Å²) >= 11 is 0. The molecule has 4 nitrogen and oxygen atoms in total. The Hall–Kier alpha value is -2.80. The number of hydrogen-bond donors (Lipinski definition) is 1. The second kappa shape index (κ2) is 8.00. The lowest BCUT2D eigenvalue weighted by molar-refractivity contribution is -0.112. The summed E-state index contributed by atoms with van der Waals surface area (Å²) in [6.07, 6.45) is 4.78. The molecule has 2 rings (SSSR count). The van der Waals surface area contributed by atoms with Gasteiger partial charge in [0.2, 0.25) is 0 Å². The summed E-state index contributed by atoms with van der Waals surface area (Å²) in [4.78, 5) is 12.2. The Balaban J connectivity index is 2.05. The predicted molar refractivity (Wildman–Crippen MR) is 90.7 cm³/mol. The van der Waals surface area contributed by atoms with Gasteiger partial charge in [-0.25, -0.2) is 0 Å². The minimum Gasteiger partial charge on any atom is -0.462 e. The zero-order chi connectivity index (χ0) is 16.7. The average molecular weight is 308 g/mol. The van der Waals surface area contributed by atoms with Crippen LogP contribution in [-0.4, -0.2) is 5.91 Å². The third kappa shape index (κ3) is 4.86. The van der Waals surface area contributed by atoms with Crippen LogP contribution in [0.25, 0.3) is 6.08 Å². The Labute approximate surface area is 136 Å². The van der Waals surface area contributed by atoms with E-state index in [1.807, 2.05) is 37.3 Å². The van der Waals surface area contributed by atoms with Crippen LogP contribution in [0.2, 0.25) is 0 Å². The first-order chi connectivity index (χ1) is 11.1. The molecule has 1 aromatic carbocycles. The van der Waals surface area contributed by atoms with Gasteiger partial charge >= 0.3 is 0 Å². The summed E-state index contributed by atoms with van der Waals surface area (Å²) in [5.41, 5.74) is 1.92. The monoisotopic (exact) mass is 308 g/mol. The van der Waals surface area contributed by atoms with Crippen LogP contribution in [0, 0.1) is 18.3 Å². The molecule has 0 aliphatic rings. The predicted octanol–water partition coefficient (Wildman–Crippen LogP) is 4.48. The zero-order valence-corrected chi connectivity index (χ0v) is 13.4. The summed E-state index contributed by atoms with van der Waals surface area (Å²) in [5.74, 6) is 0.781. The van der Waals surface area contributed by atoms with Crippen molar-refractivity contribution in [2.24, 2.45) is 0 Å². The second-order valence-corrected chi connectivity index (χ2v) is 5.37. The van der Waals surface area contributed by atoms with E-state index < -0.39 is 5.91 Å². The summed E-state index contributed by atoms with van der Waals surface area (Å²) in [6, 6.07) is 13.1. The first-order valence-corrected chi connectivity index (χ1v) is 7.71. The van der Waals surface area contributed by atoms with Gasteiger partial charge in [0.25, 0.3) is 5.91 Å². The molecular weight excluding hydrogens is 288 g/mol. The Morgan fingerprint density at radius 2 is 2.00 bits per heavy atom. The Kier molecular flexibility index (Phi) is 5.76. The molecule has 1 amide bonds. The van der Waals surface area contributed by atoms with Crippen LogP contribution in [0.3, 0.4) is 0 Å². The minimum absolute atomic E-state index is 0.00871. The maximum Gasteiger partial charge on any atom is 0.266 e. The van der Waals surface area contributed by atoms with Gasteiger partial charge in [0.15, 0.2) is 0 Å². The van der Waals surface area contributed by atoms with Crippen molar-refractivity contribution in [3.8, 4) is 6.07 Å². The number of nitrogens with one attached hydrogen (secondary N) is 1. The molecule has 0 saturated heterocycles. The number of unbranched alkanes of at least 4 members (excludes halogenated alkanes) is 1. The van der Waals surface area contributed by atoms with E-state index >= 15 is 0 Å². The molecule has 0 atom stereocenters. The molecule has 0 saturated carbocycles. The number of carbonyl (C=O) groups excluding carboxylic acids is 1. The summed E-state index contributed by atoms with van der Waals surface area (Å²) < 4.78 is 5.36. The normalized spacial score (nSPS) is 11.1. The van der Waals surface area contributed by atoms with Gasteiger partial charge in [0, 0.05) is 11.8 Å². The van der Waals surface area contributed by atoms with Crippen LogP contribution in [0.5, 0.6) is 0 Å². The van der Waals surface area contributed by atoms with Gasteiger partial charge in [-0.05, 0) is 49.6 Å². The van der Waals surface area contributed by atoms with E-state index in [9.17, 15) is 4.79 Å². The van der Waals surface area contributed by atoms with Gasteiger partial charge in [0.05, 0.1) is 0 Å². The first kappa shape index (κ1) is 16.6. The maximum atomic E-state index is 12.2. The smallest absolute Gasteiger partial charge is 0.266 e. The summed E-state index contributed by atoms with van der Waals surface area (Å²) in [6.45, 7) is 3.97. The van der Waals surface area contributed by atoms with E-state index in [2.05, 4.69) is 12.2 Å². The SMILES string of the molecule is CCCCc1ccc(NC(=O)/C(C#N)=C/c2ccc(C)o2)cc1. The molecule has 118 valence electrons. The lowest BCUT2D eigenvalue weighted by Gasteiger charge is -2.05. The Bertz CT molecular complexity index is 733. The molecule has 0 fully saturated rings. The van der Waals surface area contributed by atoms with Crippen LogP contribution in [0.1, 0.15) is 36.8 Å². The fraction of sp³-hybridized carbons (Fsp3) is 0.263. The van der Waals surface area contributed by atoms with Gasteiger partial charge < -0.3 is 9.73 Å². The van der Waals surface area contributed by atoms with Crippen LogP contribution in [0.15, 0.2) is 46.4 Å². The highest BCUT2D eigenvalue weighted by Crippen LogP contribution is 2.15. The van der Waals surface area contributed by atoms with Gasteiger partial charge in [-0.15, -0.1) is 0 Å². The number of aryl methyl sites for hydroxylation is 2. The van der Waals surface area contributed by atoms with E-state index in [1.54, 1.807) is 12.1 Å². The first-order valence-electron chi connectivity index (χ1n) is 7.71. The molecule has 23 heavy (non-hydrogen) atoms. The van der Waals surface area contributed by atoms with Crippen LogP contribution in [0.4, 0.5) is 5.69 Å². The number of anilines is 1. The van der Waals surface area contributed by atoms with E-state index in [-0.39, 0.29) is 5.57 Å². The number of carbonyl (C=O) groups is 1. The van der Waals surface area contributed by atoms with Crippen molar-refractivity contribution in [3.05, 3.63) is 59.1 Å².